The van der Waals surface area contributed by atoms with Crippen LogP contribution in [0.25, 0.3) is 22.3 Å². The van der Waals surface area contributed by atoms with Gasteiger partial charge in [-0.05, 0) is 30.7 Å². The molecule has 0 saturated carbocycles. The molecule has 0 spiro atoms. The first-order valence-electron chi connectivity index (χ1n) is 10.4. The minimum absolute atomic E-state index is 0.0330. The third-order valence-electron chi connectivity index (χ3n) is 5.83. The molecule has 8 heteroatoms. The Morgan fingerprint density at radius 3 is 2.78 bits per heavy atom. The summed E-state index contributed by atoms with van der Waals surface area (Å²) in [5.74, 6) is -0.934. The van der Waals surface area contributed by atoms with Crippen LogP contribution in [0.15, 0.2) is 54.6 Å². The van der Waals surface area contributed by atoms with Crippen molar-refractivity contribution in [3.63, 3.8) is 0 Å². The van der Waals surface area contributed by atoms with E-state index in [9.17, 15) is 14.3 Å². The molecule has 1 fully saturated rings. The topological polar surface area (TPSA) is 94.1 Å². The molecule has 1 saturated heterocycles. The number of hydrogen-bond acceptors (Lipinski definition) is 5. The largest absolute Gasteiger partial charge is 0.508 e. The standard InChI is InChI=1S/C24H22FN5O2/c1-14-22-18(24(32)30-10-9-26-21(13-30)15-5-3-2-4-6-15)12-20(27-23(22)29-28-14)17-8-7-16(31)11-19(17)25/h2-8,11-12,21,26,31H,9-10,13H2,1H3,(H,27,28,29). The van der Waals surface area contributed by atoms with Gasteiger partial charge in [-0.1, -0.05) is 30.3 Å². The first-order chi connectivity index (χ1) is 15.5. The molecule has 5 rings (SSSR count). The average molecular weight is 431 g/mol. The lowest BCUT2D eigenvalue weighted by Gasteiger charge is -2.34. The predicted octanol–water partition coefficient (Wildman–Crippen LogP) is 3.56. The van der Waals surface area contributed by atoms with Crippen LogP contribution in [0.4, 0.5) is 4.39 Å². The fraction of sp³-hybridized carbons (Fsp3) is 0.208. The Morgan fingerprint density at radius 1 is 1.19 bits per heavy atom. The first-order valence-corrected chi connectivity index (χ1v) is 10.4. The van der Waals surface area contributed by atoms with Crippen molar-refractivity contribution < 1.29 is 14.3 Å². The number of aryl methyl sites for hydroxylation is 1. The second-order valence-corrected chi connectivity index (χ2v) is 7.92. The van der Waals surface area contributed by atoms with Crippen LogP contribution >= 0.6 is 0 Å². The number of aromatic nitrogens is 3. The van der Waals surface area contributed by atoms with Gasteiger partial charge in [-0.15, -0.1) is 0 Å². The Labute approximate surface area is 183 Å². The number of nitrogens with one attached hydrogen (secondary N) is 2. The van der Waals surface area contributed by atoms with Crippen molar-refractivity contribution in [3.8, 4) is 17.0 Å². The maximum absolute atomic E-state index is 14.5. The summed E-state index contributed by atoms with van der Waals surface area (Å²) in [6.07, 6.45) is 0. The Balaban J connectivity index is 1.55. The molecule has 1 amide bonds. The number of carbonyl (C=O) groups is 1. The molecule has 7 nitrogen and oxygen atoms in total. The van der Waals surface area contributed by atoms with E-state index in [4.69, 9.17) is 0 Å². The second-order valence-electron chi connectivity index (χ2n) is 7.92. The van der Waals surface area contributed by atoms with Gasteiger partial charge in [0.25, 0.3) is 5.91 Å². The molecule has 2 aromatic heterocycles. The van der Waals surface area contributed by atoms with Crippen LogP contribution in [0.2, 0.25) is 0 Å². The Morgan fingerprint density at radius 2 is 2.00 bits per heavy atom. The summed E-state index contributed by atoms with van der Waals surface area (Å²) in [4.78, 5) is 20.0. The predicted molar refractivity (Wildman–Crippen MR) is 119 cm³/mol. The van der Waals surface area contributed by atoms with Crippen molar-refractivity contribution in [2.75, 3.05) is 19.6 Å². The van der Waals surface area contributed by atoms with Gasteiger partial charge in [0, 0.05) is 37.3 Å². The number of piperazine rings is 1. The molecule has 1 aliphatic heterocycles. The second kappa shape index (κ2) is 8.05. The fourth-order valence-corrected chi connectivity index (χ4v) is 4.22. The van der Waals surface area contributed by atoms with E-state index in [0.29, 0.717) is 47.6 Å². The van der Waals surface area contributed by atoms with Gasteiger partial charge >= 0.3 is 0 Å². The molecular formula is C24H22FN5O2. The number of hydrogen-bond donors (Lipinski definition) is 3. The lowest BCUT2D eigenvalue weighted by atomic mass is 10.0. The molecule has 3 N–H and O–H groups in total. The monoisotopic (exact) mass is 431 g/mol. The van der Waals surface area contributed by atoms with Crippen LogP contribution < -0.4 is 5.32 Å². The molecule has 0 bridgehead atoms. The molecule has 32 heavy (non-hydrogen) atoms. The zero-order chi connectivity index (χ0) is 22.2. The van der Waals surface area contributed by atoms with Gasteiger partial charge in [0.15, 0.2) is 5.65 Å². The average Bonchev–Trinajstić information content (AvgIpc) is 3.19. The van der Waals surface area contributed by atoms with Crippen LogP contribution in [-0.4, -0.2) is 50.7 Å². The maximum atomic E-state index is 14.5. The van der Waals surface area contributed by atoms with Crippen molar-refractivity contribution in [1.82, 2.24) is 25.4 Å². The Bertz CT molecular complexity index is 1300. The normalized spacial score (nSPS) is 16.4. The Kier molecular flexibility index (Phi) is 5.07. The quantitative estimate of drug-likeness (QED) is 0.461. The summed E-state index contributed by atoms with van der Waals surface area (Å²) in [6, 6.07) is 15.5. The number of nitrogens with zero attached hydrogens (tertiary/aromatic N) is 3. The van der Waals surface area contributed by atoms with Crippen LogP contribution in [0.3, 0.4) is 0 Å². The minimum atomic E-state index is -0.613. The van der Waals surface area contributed by atoms with Gasteiger partial charge in [0.1, 0.15) is 11.6 Å². The number of amides is 1. The smallest absolute Gasteiger partial charge is 0.254 e. The molecule has 3 heterocycles. The van der Waals surface area contributed by atoms with Gasteiger partial charge in [-0.3, -0.25) is 9.89 Å². The van der Waals surface area contributed by atoms with Gasteiger partial charge in [0.2, 0.25) is 0 Å². The van der Waals surface area contributed by atoms with E-state index < -0.39 is 5.82 Å². The number of pyridine rings is 1. The third kappa shape index (κ3) is 3.58. The molecule has 162 valence electrons. The third-order valence-corrected chi connectivity index (χ3v) is 5.83. The van der Waals surface area contributed by atoms with Crippen LogP contribution in [0, 0.1) is 12.7 Å². The van der Waals surface area contributed by atoms with Gasteiger partial charge in [-0.25, -0.2) is 9.37 Å². The Hall–Kier alpha value is -3.78. The van der Waals surface area contributed by atoms with Crippen molar-refractivity contribution in [1.29, 1.82) is 0 Å². The molecule has 0 radical (unpaired) electrons. The highest BCUT2D eigenvalue weighted by Gasteiger charge is 2.28. The summed E-state index contributed by atoms with van der Waals surface area (Å²) < 4.78 is 14.5. The zero-order valence-corrected chi connectivity index (χ0v) is 17.5. The first kappa shape index (κ1) is 20.1. The number of fused-ring (bicyclic) bond motifs is 1. The number of H-pyrrole nitrogens is 1. The van der Waals surface area contributed by atoms with Crippen molar-refractivity contribution in [2.45, 2.75) is 13.0 Å². The molecule has 1 aliphatic rings. The van der Waals surface area contributed by atoms with Gasteiger partial charge in [-0.2, -0.15) is 5.10 Å². The summed E-state index contributed by atoms with van der Waals surface area (Å²) in [5.41, 5.74) is 3.13. The van der Waals surface area contributed by atoms with E-state index in [2.05, 4.69) is 20.5 Å². The van der Waals surface area contributed by atoms with Crippen molar-refractivity contribution in [3.05, 3.63) is 77.2 Å². The summed E-state index contributed by atoms with van der Waals surface area (Å²) in [6.45, 7) is 3.56. The van der Waals surface area contributed by atoms with E-state index in [-0.39, 0.29) is 23.3 Å². The summed E-state index contributed by atoms with van der Waals surface area (Å²) >= 11 is 0. The van der Waals surface area contributed by atoms with Crippen molar-refractivity contribution >= 4 is 16.9 Å². The summed E-state index contributed by atoms with van der Waals surface area (Å²) in [5, 5.41) is 20.7. The number of aromatic amines is 1. The highest BCUT2D eigenvalue weighted by molar-refractivity contribution is 6.07. The van der Waals surface area contributed by atoms with Crippen LogP contribution in [0.5, 0.6) is 5.75 Å². The number of phenols is 1. The molecule has 4 aromatic rings. The number of rotatable bonds is 3. The number of carbonyl (C=O) groups excluding carboxylic acids is 1. The molecule has 1 atom stereocenters. The van der Waals surface area contributed by atoms with Crippen LogP contribution in [-0.2, 0) is 0 Å². The SMILES string of the molecule is Cc1n[nH]c2nc(-c3ccc(O)cc3F)cc(C(=O)N3CCNC(c4ccccc4)C3)c12. The van der Waals surface area contributed by atoms with E-state index >= 15 is 0 Å². The highest BCUT2D eigenvalue weighted by atomic mass is 19.1. The summed E-state index contributed by atoms with van der Waals surface area (Å²) in [7, 11) is 0. The molecular weight excluding hydrogens is 409 g/mol. The lowest BCUT2D eigenvalue weighted by molar-refractivity contribution is 0.0705. The molecule has 1 unspecified atom stereocenters. The number of benzene rings is 2. The van der Waals surface area contributed by atoms with Crippen LogP contribution in [0.1, 0.15) is 27.7 Å². The van der Waals surface area contributed by atoms with E-state index in [1.807, 2.05) is 42.2 Å². The van der Waals surface area contributed by atoms with E-state index in [0.717, 1.165) is 11.6 Å². The number of aromatic hydroxyl groups is 1. The number of halogens is 1. The number of phenolic OH excluding ortho intramolecular Hbond substituents is 1. The van der Waals surface area contributed by atoms with Gasteiger partial charge < -0.3 is 15.3 Å². The maximum Gasteiger partial charge on any atom is 0.254 e. The van der Waals surface area contributed by atoms with Crippen molar-refractivity contribution in [2.24, 2.45) is 0 Å². The highest BCUT2D eigenvalue weighted by Crippen LogP contribution is 2.30. The molecule has 2 aromatic carbocycles. The zero-order valence-electron chi connectivity index (χ0n) is 17.5. The lowest BCUT2D eigenvalue weighted by Crippen LogP contribution is -2.48. The van der Waals surface area contributed by atoms with E-state index in [1.54, 1.807) is 6.07 Å². The van der Waals surface area contributed by atoms with E-state index in [1.165, 1.54) is 12.1 Å². The van der Waals surface area contributed by atoms with Gasteiger partial charge in [0.05, 0.1) is 22.3 Å². The molecule has 0 aliphatic carbocycles. The minimum Gasteiger partial charge on any atom is -0.508 e. The fourth-order valence-electron chi connectivity index (χ4n) is 4.22.